The van der Waals surface area contributed by atoms with Crippen molar-refractivity contribution in [3.05, 3.63) is 112 Å². The lowest BCUT2D eigenvalue weighted by molar-refractivity contribution is -0.127. The summed E-state index contributed by atoms with van der Waals surface area (Å²) in [6.07, 6.45) is -1.05. The molecule has 0 bridgehead atoms. The molecule has 1 heterocycles. The molecule has 0 spiro atoms. The Labute approximate surface area is 247 Å². The van der Waals surface area contributed by atoms with Gasteiger partial charge in [-0.2, -0.15) is 0 Å². The largest absolute Gasteiger partial charge is 0.476 e. The molecule has 0 unspecified atom stereocenters. The fraction of sp³-hybridized carbons (Fsp3) is 0.250. The topological polar surface area (TPSA) is 127 Å². The second kappa shape index (κ2) is 13.4. The second-order valence-electron chi connectivity index (χ2n) is 9.92. The number of hydrogen-bond donors (Lipinski definition) is 3. The zero-order chi connectivity index (χ0) is 29.5. The van der Waals surface area contributed by atoms with Crippen molar-refractivity contribution in [3.8, 4) is 11.1 Å². The highest BCUT2D eigenvalue weighted by Gasteiger charge is 2.31. The molecule has 1 aliphatic carbocycles. The molecule has 4 aromatic rings. The molecule has 1 aliphatic rings. The van der Waals surface area contributed by atoms with Gasteiger partial charge in [0.1, 0.15) is 12.6 Å². The van der Waals surface area contributed by atoms with Crippen LogP contribution in [0.15, 0.2) is 84.2 Å². The zero-order valence-corrected chi connectivity index (χ0v) is 23.8. The minimum absolute atomic E-state index is 0.0286. The number of carboxylic acids is 1. The molecule has 216 valence electrons. The van der Waals surface area contributed by atoms with Crippen molar-refractivity contribution in [1.29, 1.82) is 0 Å². The van der Waals surface area contributed by atoms with Crippen LogP contribution < -0.4 is 10.6 Å². The first kappa shape index (κ1) is 29.0. The van der Waals surface area contributed by atoms with Crippen LogP contribution in [0.4, 0.5) is 4.79 Å². The fourth-order valence-corrected chi connectivity index (χ4v) is 5.76. The number of benzene rings is 3. The predicted molar refractivity (Wildman–Crippen MR) is 158 cm³/mol. The van der Waals surface area contributed by atoms with E-state index in [0.29, 0.717) is 11.4 Å². The molecular formula is C32H31N3O6S. The molecule has 1 aromatic heterocycles. The zero-order valence-electron chi connectivity index (χ0n) is 23.0. The smallest absolute Gasteiger partial charge is 0.407 e. The lowest BCUT2D eigenvalue weighted by Crippen LogP contribution is -2.53. The van der Waals surface area contributed by atoms with Gasteiger partial charge in [0.2, 0.25) is 5.91 Å². The third kappa shape index (κ3) is 6.84. The van der Waals surface area contributed by atoms with Gasteiger partial charge in [-0.05, 0) is 34.7 Å². The summed E-state index contributed by atoms with van der Waals surface area (Å²) in [4.78, 5) is 41.4. The minimum atomic E-state index is -1.10. The predicted octanol–water partition coefficient (Wildman–Crippen LogP) is 5.01. The van der Waals surface area contributed by atoms with Crippen molar-refractivity contribution in [1.82, 2.24) is 15.6 Å². The quantitative estimate of drug-likeness (QED) is 0.213. The molecule has 0 radical (unpaired) electrons. The third-order valence-corrected chi connectivity index (χ3v) is 8.04. The third-order valence-electron chi connectivity index (χ3n) is 7.13. The molecule has 9 nitrogen and oxygen atoms in total. The minimum Gasteiger partial charge on any atom is -0.476 e. The Hall–Kier alpha value is -4.54. The monoisotopic (exact) mass is 585 g/mol. The Morgan fingerprint density at radius 1 is 0.952 bits per heavy atom. The van der Waals surface area contributed by atoms with E-state index in [1.54, 1.807) is 6.92 Å². The Bertz CT molecular complexity index is 1510. The van der Waals surface area contributed by atoms with Crippen LogP contribution in [0.5, 0.6) is 0 Å². The summed E-state index contributed by atoms with van der Waals surface area (Å²) in [5, 5.41) is 16.6. The highest BCUT2D eigenvalue weighted by atomic mass is 32.1. The van der Waals surface area contributed by atoms with Gasteiger partial charge >= 0.3 is 12.1 Å². The maximum Gasteiger partial charge on any atom is 0.407 e. The van der Waals surface area contributed by atoms with E-state index >= 15 is 0 Å². The summed E-state index contributed by atoms with van der Waals surface area (Å²) in [5.41, 5.74) is 5.33. The van der Waals surface area contributed by atoms with E-state index in [1.165, 1.54) is 16.7 Å². The number of carbonyl (C=O) groups excluding carboxylic acids is 2. The van der Waals surface area contributed by atoms with Crippen LogP contribution in [0.3, 0.4) is 0 Å². The maximum atomic E-state index is 13.3. The number of alkyl carbamates (subject to hydrolysis) is 1. The number of aromatic carboxylic acids is 1. The highest BCUT2D eigenvalue weighted by molar-refractivity contribution is 7.09. The van der Waals surface area contributed by atoms with Gasteiger partial charge in [0.25, 0.3) is 0 Å². The van der Waals surface area contributed by atoms with Crippen LogP contribution in [0, 0.1) is 0 Å². The lowest BCUT2D eigenvalue weighted by Gasteiger charge is -2.25. The fourth-order valence-electron chi connectivity index (χ4n) is 4.99. The van der Waals surface area contributed by atoms with E-state index in [1.807, 2.05) is 66.7 Å². The SMILES string of the molecule is C[C@H](OCc1ccccc1)[C@@H](NC(=O)OCC1c2ccccc2-c2ccccc21)C(=O)NCCc1nc(C(=O)O)cs1. The molecule has 2 amide bonds. The first-order valence-corrected chi connectivity index (χ1v) is 14.5. The number of hydrogen-bond acceptors (Lipinski definition) is 7. The molecular weight excluding hydrogens is 554 g/mol. The Morgan fingerprint density at radius 2 is 1.60 bits per heavy atom. The van der Waals surface area contributed by atoms with Crippen LogP contribution in [0.25, 0.3) is 11.1 Å². The molecule has 0 aliphatic heterocycles. The summed E-state index contributed by atoms with van der Waals surface area (Å²) in [6, 6.07) is 24.6. The van der Waals surface area contributed by atoms with E-state index in [2.05, 4.69) is 27.8 Å². The van der Waals surface area contributed by atoms with Crippen molar-refractivity contribution in [3.63, 3.8) is 0 Å². The standard InChI is InChI=1S/C32H31N3O6S/c1-20(40-17-21-9-3-2-4-10-21)29(30(36)33-16-15-28-34-27(19-42-28)31(37)38)35-32(39)41-18-26-24-13-7-5-11-22(24)23-12-6-8-14-25(23)26/h2-14,19-20,26,29H,15-18H2,1H3,(H,33,36)(H,35,39)(H,37,38)/t20-,29+/m0/s1. The van der Waals surface area contributed by atoms with Crippen LogP contribution in [-0.4, -0.2) is 53.4 Å². The highest BCUT2D eigenvalue weighted by Crippen LogP contribution is 2.44. The summed E-state index contributed by atoms with van der Waals surface area (Å²) < 4.78 is 11.7. The van der Waals surface area contributed by atoms with Gasteiger partial charge in [0, 0.05) is 24.3 Å². The molecule has 5 rings (SSSR count). The normalized spacial score (nSPS) is 13.5. The van der Waals surface area contributed by atoms with Crippen molar-refractivity contribution in [2.24, 2.45) is 0 Å². The van der Waals surface area contributed by atoms with E-state index in [-0.39, 0.29) is 31.4 Å². The van der Waals surface area contributed by atoms with Gasteiger partial charge in [-0.25, -0.2) is 14.6 Å². The van der Waals surface area contributed by atoms with E-state index in [4.69, 9.17) is 14.6 Å². The molecule has 42 heavy (non-hydrogen) atoms. The average Bonchev–Trinajstić information content (AvgIpc) is 3.61. The second-order valence-corrected chi connectivity index (χ2v) is 10.9. The van der Waals surface area contributed by atoms with Crippen molar-refractivity contribution in [2.45, 2.75) is 38.0 Å². The number of nitrogens with one attached hydrogen (secondary N) is 2. The van der Waals surface area contributed by atoms with Crippen LogP contribution in [0.1, 0.15) is 45.0 Å². The van der Waals surface area contributed by atoms with E-state index in [0.717, 1.165) is 27.8 Å². The summed E-state index contributed by atoms with van der Waals surface area (Å²) in [5.74, 6) is -1.66. The first-order valence-electron chi connectivity index (χ1n) is 13.6. The van der Waals surface area contributed by atoms with Crippen LogP contribution in [0.2, 0.25) is 0 Å². The molecule has 0 saturated heterocycles. The number of carboxylic acid groups (broad SMARTS) is 1. The molecule has 0 fully saturated rings. The molecule has 10 heteroatoms. The van der Waals surface area contributed by atoms with Crippen LogP contribution >= 0.6 is 11.3 Å². The Kier molecular flexibility index (Phi) is 9.25. The van der Waals surface area contributed by atoms with Gasteiger partial charge in [-0.1, -0.05) is 78.9 Å². The number of aromatic nitrogens is 1. The Balaban J connectivity index is 1.22. The van der Waals surface area contributed by atoms with Crippen molar-refractivity contribution in [2.75, 3.05) is 13.2 Å². The van der Waals surface area contributed by atoms with E-state index in [9.17, 15) is 14.4 Å². The number of nitrogens with zero attached hydrogens (tertiary/aromatic N) is 1. The Morgan fingerprint density at radius 3 is 2.24 bits per heavy atom. The van der Waals surface area contributed by atoms with Gasteiger partial charge in [-0.15, -0.1) is 11.3 Å². The lowest BCUT2D eigenvalue weighted by atomic mass is 9.98. The van der Waals surface area contributed by atoms with Gasteiger partial charge in [0.15, 0.2) is 5.69 Å². The summed E-state index contributed by atoms with van der Waals surface area (Å²) >= 11 is 1.21. The van der Waals surface area contributed by atoms with Crippen molar-refractivity contribution >= 4 is 29.3 Å². The number of amides is 2. The average molecular weight is 586 g/mol. The van der Waals surface area contributed by atoms with Crippen molar-refractivity contribution < 1.29 is 29.0 Å². The van der Waals surface area contributed by atoms with Gasteiger partial charge in [0.05, 0.1) is 17.7 Å². The first-order chi connectivity index (χ1) is 20.4. The van der Waals surface area contributed by atoms with Gasteiger partial charge in [-0.3, -0.25) is 4.79 Å². The summed E-state index contributed by atoms with van der Waals surface area (Å²) in [7, 11) is 0. The molecule has 2 atom stereocenters. The number of rotatable bonds is 12. The van der Waals surface area contributed by atoms with Gasteiger partial charge < -0.3 is 25.2 Å². The van der Waals surface area contributed by atoms with Crippen LogP contribution in [-0.2, 0) is 27.3 Å². The summed E-state index contributed by atoms with van der Waals surface area (Å²) in [6.45, 7) is 2.30. The molecule has 0 saturated carbocycles. The molecule has 3 N–H and O–H groups in total. The number of thiazole rings is 1. The number of fused-ring (bicyclic) bond motifs is 3. The van der Waals surface area contributed by atoms with E-state index < -0.39 is 30.1 Å². The maximum absolute atomic E-state index is 13.3. The number of ether oxygens (including phenoxy) is 2. The molecule has 3 aromatic carbocycles. The number of carbonyl (C=O) groups is 3.